The molecule has 2 heterocycles. The van der Waals surface area contributed by atoms with Gasteiger partial charge in [-0.1, -0.05) is 0 Å². The quantitative estimate of drug-likeness (QED) is 0.730. The lowest BCUT2D eigenvalue weighted by Crippen LogP contribution is -1.94. The third-order valence-corrected chi connectivity index (χ3v) is 4.18. The van der Waals surface area contributed by atoms with E-state index in [1.807, 2.05) is 23.9 Å². The number of anilines is 1. The number of nitrogen functional groups attached to an aromatic ring is 1. The highest BCUT2D eigenvalue weighted by molar-refractivity contribution is 7.14. The normalized spacial score (nSPS) is 11.3. The molecule has 0 unspecified atom stereocenters. The number of halogens is 1. The Labute approximate surface area is 108 Å². The van der Waals surface area contributed by atoms with Crippen LogP contribution in [0.4, 0.5) is 10.1 Å². The number of nitrogens with two attached hydrogens (primary N) is 1. The summed E-state index contributed by atoms with van der Waals surface area (Å²) in [6, 6.07) is 4.62. The number of aryl methyl sites for hydroxylation is 2. The minimum atomic E-state index is -0.275. The topological polar surface area (TPSA) is 43.8 Å². The minimum Gasteiger partial charge on any atom is -0.397 e. The number of thiophene rings is 1. The van der Waals surface area contributed by atoms with Crippen molar-refractivity contribution in [3.8, 4) is 10.7 Å². The highest BCUT2D eigenvalue weighted by Gasteiger charge is 2.15. The van der Waals surface area contributed by atoms with E-state index in [0.29, 0.717) is 5.52 Å². The third-order valence-electron chi connectivity index (χ3n) is 3.07. The molecule has 0 saturated carbocycles. The highest BCUT2D eigenvalue weighted by atomic mass is 32.1. The smallest absolute Gasteiger partial charge is 0.153 e. The Balaban J connectivity index is 2.30. The Hall–Kier alpha value is -1.88. The maximum absolute atomic E-state index is 13.2. The van der Waals surface area contributed by atoms with Gasteiger partial charge in [-0.05, 0) is 30.0 Å². The zero-order valence-electron chi connectivity index (χ0n) is 10.1. The Morgan fingerprint density at radius 2 is 2.17 bits per heavy atom. The Morgan fingerprint density at radius 1 is 1.39 bits per heavy atom. The molecule has 0 radical (unpaired) electrons. The molecule has 0 fully saturated rings. The van der Waals surface area contributed by atoms with Crippen LogP contribution in [-0.4, -0.2) is 9.55 Å². The average molecular weight is 261 g/mol. The lowest BCUT2D eigenvalue weighted by Gasteiger charge is -2.01. The van der Waals surface area contributed by atoms with Crippen LogP contribution in [0.15, 0.2) is 23.6 Å². The van der Waals surface area contributed by atoms with E-state index in [2.05, 4.69) is 4.98 Å². The molecular formula is C13H12FN3S. The van der Waals surface area contributed by atoms with Crippen molar-refractivity contribution < 1.29 is 4.39 Å². The summed E-state index contributed by atoms with van der Waals surface area (Å²) in [5.41, 5.74) is 9.39. The molecular weight excluding hydrogens is 249 g/mol. The van der Waals surface area contributed by atoms with Gasteiger partial charge in [0.15, 0.2) is 5.82 Å². The molecule has 0 amide bonds. The summed E-state index contributed by atoms with van der Waals surface area (Å²) < 4.78 is 15.1. The van der Waals surface area contributed by atoms with Gasteiger partial charge >= 0.3 is 0 Å². The molecule has 0 bridgehead atoms. The molecule has 1 aromatic carbocycles. The average Bonchev–Trinajstić information content (AvgIpc) is 2.82. The van der Waals surface area contributed by atoms with E-state index in [0.717, 1.165) is 27.5 Å². The molecule has 2 aromatic heterocycles. The summed E-state index contributed by atoms with van der Waals surface area (Å²) in [5, 5.41) is 2.00. The van der Waals surface area contributed by atoms with Gasteiger partial charge in [-0.15, -0.1) is 11.3 Å². The van der Waals surface area contributed by atoms with Crippen molar-refractivity contribution in [1.29, 1.82) is 0 Å². The number of benzene rings is 1. The standard InChI is InChI=1S/C13H12FN3S/c1-7-6-18-12(11(7)15)13-16-9-5-8(14)3-4-10(9)17(13)2/h3-6H,15H2,1-2H3. The van der Waals surface area contributed by atoms with Crippen molar-refractivity contribution in [2.75, 3.05) is 5.73 Å². The summed E-state index contributed by atoms with van der Waals surface area (Å²) in [5.74, 6) is 0.508. The van der Waals surface area contributed by atoms with Crippen LogP contribution in [0.1, 0.15) is 5.56 Å². The van der Waals surface area contributed by atoms with E-state index in [1.54, 1.807) is 17.4 Å². The van der Waals surface area contributed by atoms with Crippen LogP contribution in [0, 0.1) is 12.7 Å². The number of nitrogens with zero attached hydrogens (tertiary/aromatic N) is 2. The monoisotopic (exact) mass is 261 g/mol. The van der Waals surface area contributed by atoms with E-state index >= 15 is 0 Å². The number of rotatable bonds is 1. The fourth-order valence-corrected chi connectivity index (χ4v) is 3.00. The lowest BCUT2D eigenvalue weighted by atomic mass is 10.3. The van der Waals surface area contributed by atoms with Crippen LogP contribution in [0.3, 0.4) is 0 Å². The number of aromatic nitrogens is 2. The maximum atomic E-state index is 13.2. The first-order valence-electron chi connectivity index (χ1n) is 5.54. The van der Waals surface area contributed by atoms with E-state index in [1.165, 1.54) is 12.1 Å². The van der Waals surface area contributed by atoms with Gasteiger partial charge in [-0.2, -0.15) is 0 Å². The molecule has 3 aromatic rings. The van der Waals surface area contributed by atoms with Crippen LogP contribution in [0.2, 0.25) is 0 Å². The zero-order chi connectivity index (χ0) is 12.9. The molecule has 3 rings (SSSR count). The van der Waals surface area contributed by atoms with Crippen molar-refractivity contribution in [2.45, 2.75) is 6.92 Å². The number of hydrogen-bond donors (Lipinski definition) is 1. The second kappa shape index (κ2) is 3.81. The molecule has 92 valence electrons. The van der Waals surface area contributed by atoms with E-state index in [-0.39, 0.29) is 5.82 Å². The van der Waals surface area contributed by atoms with Gasteiger partial charge in [0.2, 0.25) is 0 Å². The zero-order valence-corrected chi connectivity index (χ0v) is 10.9. The minimum absolute atomic E-state index is 0.275. The van der Waals surface area contributed by atoms with Gasteiger partial charge in [0.05, 0.1) is 21.6 Å². The summed E-state index contributed by atoms with van der Waals surface area (Å²) in [7, 11) is 1.91. The van der Waals surface area contributed by atoms with Gasteiger partial charge in [0.25, 0.3) is 0 Å². The number of fused-ring (bicyclic) bond motifs is 1. The number of hydrogen-bond acceptors (Lipinski definition) is 3. The summed E-state index contributed by atoms with van der Waals surface area (Å²) in [4.78, 5) is 5.41. The third kappa shape index (κ3) is 1.51. The number of imidazole rings is 1. The summed E-state index contributed by atoms with van der Waals surface area (Å²) in [6.07, 6.45) is 0. The molecule has 0 saturated heterocycles. The van der Waals surface area contributed by atoms with Crippen LogP contribution in [0.25, 0.3) is 21.7 Å². The molecule has 2 N–H and O–H groups in total. The summed E-state index contributed by atoms with van der Waals surface area (Å²) in [6.45, 7) is 1.97. The molecule has 0 aliphatic heterocycles. The fourth-order valence-electron chi connectivity index (χ4n) is 2.00. The van der Waals surface area contributed by atoms with Gasteiger partial charge in [-0.3, -0.25) is 0 Å². The molecule has 0 spiro atoms. The first kappa shape index (κ1) is 11.2. The highest BCUT2D eigenvalue weighted by Crippen LogP contribution is 2.35. The molecule has 0 atom stereocenters. The summed E-state index contributed by atoms with van der Waals surface area (Å²) >= 11 is 1.56. The molecule has 3 nitrogen and oxygen atoms in total. The van der Waals surface area contributed by atoms with Gasteiger partial charge in [0, 0.05) is 13.1 Å². The fraction of sp³-hybridized carbons (Fsp3) is 0.154. The Kier molecular flexibility index (Phi) is 2.38. The predicted molar refractivity (Wildman–Crippen MR) is 73.1 cm³/mol. The van der Waals surface area contributed by atoms with Gasteiger partial charge < -0.3 is 10.3 Å². The van der Waals surface area contributed by atoms with E-state index < -0.39 is 0 Å². The molecule has 18 heavy (non-hydrogen) atoms. The SMILES string of the molecule is Cc1csc(-c2nc3cc(F)ccc3n2C)c1N. The van der Waals surface area contributed by atoms with Crippen molar-refractivity contribution in [3.63, 3.8) is 0 Å². The van der Waals surface area contributed by atoms with Crippen LogP contribution >= 0.6 is 11.3 Å². The second-order valence-corrected chi connectivity index (χ2v) is 5.17. The van der Waals surface area contributed by atoms with E-state index in [4.69, 9.17) is 5.73 Å². The molecule has 0 aliphatic carbocycles. The van der Waals surface area contributed by atoms with Crippen molar-refractivity contribution in [2.24, 2.45) is 7.05 Å². The van der Waals surface area contributed by atoms with E-state index in [9.17, 15) is 4.39 Å². The van der Waals surface area contributed by atoms with Crippen LogP contribution < -0.4 is 5.73 Å². The molecule has 0 aliphatic rings. The van der Waals surface area contributed by atoms with Crippen LogP contribution in [0.5, 0.6) is 0 Å². The Morgan fingerprint density at radius 3 is 2.83 bits per heavy atom. The molecule has 5 heteroatoms. The van der Waals surface area contributed by atoms with Gasteiger partial charge in [-0.25, -0.2) is 9.37 Å². The van der Waals surface area contributed by atoms with Crippen molar-refractivity contribution in [3.05, 3.63) is 35.0 Å². The van der Waals surface area contributed by atoms with Gasteiger partial charge in [0.1, 0.15) is 5.82 Å². The maximum Gasteiger partial charge on any atom is 0.153 e. The first-order chi connectivity index (χ1) is 8.58. The van der Waals surface area contributed by atoms with Crippen molar-refractivity contribution >= 4 is 28.1 Å². The first-order valence-corrected chi connectivity index (χ1v) is 6.42. The van der Waals surface area contributed by atoms with Crippen molar-refractivity contribution in [1.82, 2.24) is 9.55 Å². The largest absolute Gasteiger partial charge is 0.397 e. The lowest BCUT2D eigenvalue weighted by molar-refractivity contribution is 0.629. The second-order valence-electron chi connectivity index (χ2n) is 4.29. The predicted octanol–water partition coefficient (Wildman–Crippen LogP) is 3.33. The van der Waals surface area contributed by atoms with Crippen LogP contribution in [-0.2, 0) is 7.05 Å². The Bertz CT molecular complexity index is 742.